The van der Waals surface area contributed by atoms with Crippen LogP contribution in [0.2, 0.25) is 0 Å². The van der Waals surface area contributed by atoms with Gasteiger partial charge in [-0.05, 0) is 0 Å². The molecule has 0 spiro atoms. The maximum atomic E-state index is 4.43. The molecule has 0 radical (unpaired) electrons. The third kappa shape index (κ3) is 2.54. The lowest BCUT2D eigenvalue weighted by atomic mass is 10.2. The summed E-state index contributed by atoms with van der Waals surface area (Å²) in [5.41, 5.74) is 1.12. The van der Waals surface area contributed by atoms with Crippen molar-refractivity contribution in [3.8, 4) is 0 Å². The number of amidine groups is 1. The number of nitrogens with zero attached hydrogens (tertiary/aromatic N) is 3. The zero-order chi connectivity index (χ0) is 10.7. The van der Waals surface area contributed by atoms with E-state index in [0.717, 1.165) is 15.8 Å². The van der Waals surface area contributed by atoms with E-state index in [0.29, 0.717) is 0 Å². The van der Waals surface area contributed by atoms with Crippen LogP contribution in [0.15, 0.2) is 39.1 Å². The normalized spacial score (nSPS) is 15.6. The minimum Gasteiger partial charge on any atom is -0.355 e. The molecule has 0 aliphatic carbocycles. The van der Waals surface area contributed by atoms with Crippen LogP contribution in [0.25, 0.3) is 0 Å². The Hall–Kier alpha value is -0.940. The first-order chi connectivity index (χ1) is 7.27. The van der Waals surface area contributed by atoms with Crippen LogP contribution in [0.3, 0.4) is 0 Å². The molecule has 78 valence electrons. The van der Waals surface area contributed by atoms with Crippen molar-refractivity contribution in [1.29, 1.82) is 0 Å². The van der Waals surface area contributed by atoms with Crippen molar-refractivity contribution < 1.29 is 0 Å². The van der Waals surface area contributed by atoms with E-state index in [-0.39, 0.29) is 0 Å². The SMILES string of the molecule is CN(C)C1=NSC(c2ccccc2)=NS1. The van der Waals surface area contributed by atoms with Gasteiger partial charge >= 0.3 is 0 Å². The van der Waals surface area contributed by atoms with E-state index in [1.54, 1.807) is 0 Å². The topological polar surface area (TPSA) is 28.0 Å². The third-order valence-electron chi connectivity index (χ3n) is 1.82. The van der Waals surface area contributed by atoms with Crippen LogP contribution >= 0.6 is 23.9 Å². The van der Waals surface area contributed by atoms with Crippen molar-refractivity contribution in [2.24, 2.45) is 8.80 Å². The molecule has 1 aromatic carbocycles. The lowest BCUT2D eigenvalue weighted by molar-refractivity contribution is 0.638. The molecule has 0 atom stereocenters. The Bertz CT molecular complexity index is 398. The van der Waals surface area contributed by atoms with Crippen LogP contribution < -0.4 is 0 Å². The summed E-state index contributed by atoms with van der Waals surface area (Å²) < 4.78 is 8.80. The highest BCUT2D eigenvalue weighted by atomic mass is 32.2. The molecule has 0 fully saturated rings. The van der Waals surface area contributed by atoms with Crippen molar-refractivity contribution >= 4 is 34.1 Å². The maximum absolute atomic E-state index is 4.43. The minimum atomic E-state index is 0.930. The van der Waals surface area contributed by atoms with Crippen LogP contribution in [-0.2, 0) is 0 Å². The molecule has 0 aromatic heterocycles. The van der Waals surface area contributed by atoms with E-state index < -0.39 is 0 Å². The van der Waals surface area contributed by atoms with E-state index >= 15 is 0 Å². The van der Waals surface area contributed by atoms with Crippen molar-refractivity contribution in [1.82, 2.24) is 4.90 Å². The maximum Gasteiger partial charge on any atom is 0.193 e. The Balaban J connectivity index is 2.11. The molecule has 1 aromatic rings. The molecule has 1 heterocycles. The second-order valence-corrected chi connectivity index (χ2v) is 4.70. The smallest absolute Gasteiger partial charge is 0.193 e. The van der Waals surface area contributed by atoms with Gasteiger partial charge in [-0.3, -0.25) is 0 Å². The Morgan fingerprint density at radius 3 is 2.27 bits per heavy atom. The summed E-state index contributed by atoms with van der Waals surface area (Å²) in [6, 6.07) is 10.1. The lowest BCUT2D eigenvalue weighted by Gasteiger charge is -2.15. The third-order valence-corrected chi connectivity index (χ3v) is 3.71. The fourth-order valence-corrected chi connectivity index (χ4v) is 2.54. The van der Waals surface area contributed by atoms with Crippen molar-refractivity contribution in [2.75, 3.05) is 14.1 Å². The molecule has 1 aliphatic heterocycles. The van der Waals surface area contributed by atoms with E-state index in [1.807, 2.05) is 49.3 Å². The van der Waals surface area contributed by atoms with E-state index in [1.165, 1.54) is 23.9 Å². The molecule has 0 N–H and O–H groups in total. The molecule has 0 unspecified atom stereocenters. The fraction of sp³-hybridized carbons (Fsp3) is 0.200. The average molecular weight is 237 g/mol. The average Bonchev–Trinajstić information content (AvgIpc) is 2.30. The van der Waals surface area contributed by atoms with Gasteiger partial charge in [-0.1, -0.05) is 30.3 Å². The highest BCUT2D eigenvalue weighted by Gasteiger charge is 2.13. The van der Waals surface area contributed by atoms with Gasteiger partial charge in [0.05, 0.1) is 11.9 Å². The molecule has 0 saturated heterocycles. The van der Waals surface area contributed by atoms with Gasteiger partial charge in [-0.15, -0.1) is 0 Å². The predicted molar refractivity (Wildman–Crippen MR) is 69.3 cm³/mol. The van der Waals surface area contributed by atoms with Gasteiger partial charge in [0.2, 0.25) is 0 Å². The summed E-state index contributed by atoms with van der Waals surface area (Å²) in [5, 5.41) is 1.89. The molecule has 2 rings (SSSR count). The molecule has 0 amide bonds. The monoisotopic (exact) mass is 237 g/mol. The van der Waals surface area contributed by atoms with Gasteiger partial charge in [-0.25, -0.2) is 0 Å². The number of rotatable bonds is 1. The van der Waals surface area contributed by atoms with E-state index in [4.69, 9.17) is 0 Å². The van der Waals surface area contributed by atoms with Gasteiger partial charge < -0.3 is 4.90 Å². The van der Waals surface area contributed by atoms with Crippen molar-refractivity contribution in [3.63, 3.8) is 0 Å². The molecule has 5 heteroatoms. The summed E-state index contributed by atoms with van der Waals surface area (Å²) in [6.07, 6.45) is 0. The van der Waals surface area contributed by atoms with E-state index in [9.17, 15) is 0 Å². The Labute approximate surface area is 98.0 Å². The van der Waals surface area contributed by atoms with Crippen LogP contribution in [-0.4, -0.2) is 29.2 Å². The summed E-state index contributed by atoms with van der Waals surface area (Å²) >= 11 is 2.85. The first-order valence-corrected chi connectivity index (χ1v) is 6.05. The van der Waals surface area contributed by atoms with Crippen LogP contribution in [0.4, 0.5) is 0 Å². The highest BCUT2D eigenvalue weighted by Crippen LogP contribution is 2.26. The summed E-state index contributed by atoms with van der Waals surface area (Å²) in [4.78, 5) is 1.96. The van der Waals surface area contributed by atoms with Gasteiger partial charge in [-0.2, -0.15) is 8.80 Å². The quantitative estimate of drug-likeness (QED) is 0.703. The first-order valence-electron chi connectivity index (χ1n) is 4.50. The number of hydrogen-bond acceptors (Lipinski definition) is 5. The van der Waals surface area contributed by atoms with Gasteiger partial charge in [0.25, 0.3) is 0 Å². The first kappa shape index (κ1) is 10.6. The molecule has 0 bridgehead atoms. The zero-order valence-electron chi connectivity index (χ0n) is 8.54. The van der Waals surface area contributed by atoms with Crippen LogP contribution in [0.1, 0.15) is 5.56 Å². The van der Waals surface area contributed by atoms with Crippen LogP contribution in [0.5, 0.6) is 0 Å². The Morgan fingerprint density at radius 2 is 1.73 bits per heavy atom. The molecule has 0 saturated carbocycles. The standard InChI is InChI=1S/C10H11N3S2/c1-13(2)10-12-14-9(11-15-10)8-6-4-3-5-7-8/h3-7H,1-2H3. The van der Waals surface area contributed by atoms with Gasteiger partial charge in [0, 0.05) is 31.6 Å². The summed E-state index contributed by atoms with van der Waals surface area (Å²) in [6.45, 7) is 0. The highest BCUT2D eigenvalue weighted by molar-refractivity contribution is 8.20. The second kappa shape index (κ2) is 4.72. The molecule has 1 aliphatic rings. The minimum absolute atomic E-state index is 0.930. The van der Waals surface area contributed by atoms with Gasteiger partial charge in [0.1, 0.15) is 5.04 Å². The Morgan fingerprint density at radius 1 is 1.00 bits per heavy atom. The van der Waals surface area contributed by atoms with Crippen molar-refractivity contribution in [2.45, 2.75) is 0 Å². The zero-order valence-corrected chi connectivity index (χ0v) is 10.2. The molecular weight excluding hydrogens is 226 g/mol. The predicted octanol–water partition coefficient (Wildman–Crippen LogP) is 2.66. The lowest BCUT2D eigenvalue weighted by Crippen LogP contribution is -2.19. The summed E-state index contributed by atoms with van der Waals surface area (Å²) in [5.74, 6) is 0. The summed E-state index contributed by atoms with van der Waals surface area (Å²) in [7, 11) is 3.94. The van der Waals surface area contributed by atoms with Gasteiger partial charge in [0.15, 0.2) is 5.17 Å². The molecule has 3 nitrogen and oxygen atoms in total. The molecule has 15 heavy (non-hydrogen) atoms. The fourth-order valence-electron chi connectivity index (χ4n) is 1.05. The second-order valence-electron chi connectivity index (χ2n) is 3.21. The largest absolute Gasteiger partial charge is 0.355 e. The number of benzene rings is 1. The number of hydrogen-bond donors (Lipinski definition) is 0. The Kier molecular flexibility index (Phi) is 3.33. The van der Waals surface area contributed by atoms with Crippen molar-refractivity contribution in [3.05, 3.63) is 35.9 Å². The molecular formula is C10H11N3S2. The van der Waals surface area contributed by atoms with E-state index in [2.05, 4.69) is 8.80 Å². The van der Waals surface area contributed by atoms with Crippen LogP contribution in [0, 0.1) is 0 Å².